The molecule has 2 aliphatic heterocycles. The molecule has 66 heavy (non-hydrogen) atoms. The summed E-state index contributed by atoms with van der Waals surface area (Å²) in [5.41, 5.74) is 7.76. The normalized spacial score (nSPS) is 16.7. The number of Topliss-reactive ketones (excluding diaryl/α,β-unsaturated/α-hetero) is 1. The number of pyridine rings is 2. The van der Waals surface area contributed by atoms with Crippen molar-refractivity contribution in [3.8, 4) is 22.4 Å². The van der Waals surface area contributed by atoms with Gasteiger partial charge in [-0.3, -0.25) is 29.3 Å². The average Bonchev–Trinajstić information content (AvgIpc) is 3.81. The molecule has 1 saturated heterocycles. The molecule has 338 valence electrons. The second kappa shape index (κ2) is 19.1. The van der Waals surface area contributed by atoms with Crippen molar-refractivity contribution in [1.29, 1.82) is 0 Å². The van der Waals surface area contributed by atoms with Gasteiger partial charge in [0.25, 0.3) is 5.91 Å². The van der Waals surface area contributed by atoms with Crippen molar-refractivity contribution in [3.05, 3.63) is 131 Å². The summed E-state index contributed by atoms with van der Waals surface area (Å²) in [4.78, 5) is 83.6. The van der Waals surface area contributed by atoms with Gasteiger partial charge in [-0.25, -0.2) is 19.3 Å². The standard InChI is InChI=1S/C51H53N9O6/c1-32-11-8-17-43(48(64)54-32)60-31-40-37(49(60)65)15-9-16-41(40)55-44(62)23-22-36(61)14-6-3-7-27-52-45(63)30-53-51(25-10-26-51)35-20-18-34(19-21-35)46-38(33-12-4-2-5-13-33)29-39-42(56-46)24-28-59-47(39)57-58-50(59)66/h2,4-5,9,12-13,15-16,18-21,24,28-29,43,53H,1,3,6-8,10-11,14,17,22-23,25-27,30-31H2,(H,52,63)(H,54,64)(H,55,62)(H,58,66)/t43-/m0/s1. The first-order valence-corrected chi connectivity index (χ1v) is 22.9. The highest BCUT2D eigenvalue weighted by atomic mass is 16.2. The van der Waals surface area contributed by atoms with Crippen LogP contribution in [0.5, 0.6) is 0 Å². The zero-order chi connectivity index (χ0) is 45.8. The van der Waals surface area contributed by atoms with Gasteiger partial charge in [0, 0.05) is 83.1 Å². The van der Waals surface area contributed by atoms with Crippen LogP contribution in [0.4, 0.5) is 5.69 Å². The summed E-state index contributed by atoms with van der Waals surface area (Å²) in [5, 5.41) is 19.8. The zero-order valence-corrected chi connectivity index (χ0v) is 36.8. The topological polar surface area (TPSA) is 200 Å². The Morgan fingerprint density at radius 1 is 0.833 bits per heavy atom. The Hall–Kier alpha value is -7.26. The van der Waals surface area contributed by atoms with E-state index in [1.165, 1.54) is 4.40 Å². The number of nitrogens with zero attached hydrogens (tertiary/aromatic N) is 4. The SMILES string of the molecule is C=C1CCC[C@H](N2Cc3c(NC(=O)CCC(=O)CCCCCNC(=O)CNC4(c5ccc(-c6nc7ccn8c(=O)[nH]nc8c7cc6-c6ccccc6)cc5)CCC4)cccc3C2=O)C(=O)N1. The Kier molecular flexibility index (Phi) is 12.7. The first kappa shape index (κ1) is 44.0. The number of aromatic nitrogens is 4. The van der Waals surface area contributed by atoms with Gasteiger partial charge in [0.2, 0.25) is 17.7 Å². The number of fused-ring (bicyclic) bond motifs is 4. The minimum absolute atomic E-state index is 0.00197. The van der Waals surface area contributed by atoms with Crippen LogP contribution in [0, 0.1) is 0 Å². The lowest BCUT2D eigenvalue weighted by atomic mass is 9.71. The van der Waals surface area contributed by atoms with Crippen LogP contribution in [0.2, 0.25) is 0 Å². The number of allylic oxidation sites excluding steroid dienone is 1. The van der Waals surface area contributed by atoms with Crippen LogP contribution in [0.15, 0.2) is 108 Å². The molecule has 0 unspecified atom stereocenters. The molecule has 1 aliphatic carbocycles. The number of hydrogen-bond acceptors (Lipinski definition) is 9. The second-order valence-corrected chi connectivity index (χ2v) is 17.6. The van der Waals surface area contributed by atoms with Crippen molar-refractivity contribution in [2.75, 3.05) is 18.4 Å². The predicted octanol–water partition coefficient (Wildman–Crippen LogP) is 6.68. The van der Waals surface area contributed by atoms with E-state index >= 15 is 0 Å². The number of rotatable bonds is 17. The molecule has 6 aromatic rings. The number of unbranched alkanes of at least 4 members (excludes halogenated alkanes) is 2. The lowest BCUT2D eigenvalue weighted by Gasteiger charge is -2.43. The summed E-state index contributed by atoms with van der Waals surface area (Å²) in [7, 11) is 0. The van der Waals surface area contributed by atoms with Crippen molar-refractivity contribution in [1.82, 2.24) is 40.4 Å². The molecular formula is C51H53N9O6. The highest BCUT2D eigenvalue weighted by Crippen LogP contribution is 2.42. The second-order valence-electron chi connectivity index (χ2n) is 17.6. The van der Waals surface area contributed by atoms with E-state index in [2.05, 4.69) is 62.3 Å². The van der Waals surface area contributed by atoms with Gasteiger partial charge in [0.05, 0.1) is 17.8 Å². The highest BCUT2D eigenvalue weighted by molar-refractivity contribution is 6.04. The molecule has 0 radical (unpaired) electrons. The summed E-state index contributed by atoms with van der Waals surface area (Å²) in [6.45, 7) is 4.78. The molecule has 5 heterocycles. The van der Waals surface area contributed by atoms with Gasteiger partial charge >= 0.3 is 5.69 Å². The van der Waals surface area contributed by atoms with Gasteiger partial charge in [-0.2, -0.15) is 5.10 Å². The fourth-order valence-electron chi connectivity index (χ4n) is 9.45. The monoisotopic (exact) mass is 887 g/mol. The Morgan fingerprint density at radius 2 is 1.65 bits per heavy atom. The first-order chi connectivity index (χ1) is 32.1. The summed E-state index contributed by atoms with van der Waals surface area (Å²) < 4.78 is 1.48. The number of carbonyl (C=O) groups excluding carboxylic acids is 5. The number of hydrogen-bond donors (Lipinski definition) is 5. The van der Waals surface area contributed by atoms with Gasteiger partial charge < -0.3 is 20.9 Å². The third-order valence-corrected chi connectivity index (χ3v) is 13.3. The summed E-state index contributed by atoms with van der Waals surface area (Å²) in [5.74, 6) is -0.873. The van der Waals surface area contributed by atoms with Crippen molar-refractivity contribution in [2.24, 2.45) is 0 Å². The molecule has 15 nitrogen and oxygen atoms in total. The van der Waals surface area contributed by atoms with Gasteiger partial charge in [0.15, 0.2) is 5.65 Å². The first-order valence-electron chi connectivity index (χ1n) is 22.9. The van der Waals surface area contributed by atoms with Gasteiger partial charge in [-0.05, 0) is 86.8 Å². The molecule has 3 aromatic heterocycles. The van der Waals surface area contributed by atoms with Crippen LogP contribution in [-0.2, 0) is 31.3 Å². The molecule has 0 bridgehead atoms. The third kappa shape index (κ3) is 9.16. The smallest absolute Gasteiger partial charge is 0.347 e. The minimum Gasteiger partial charge on any atom is -0.355 e. The van der Waals surface area contributed by atoms with E-state index in [9.17, 15) is 28.8 Å². The fourth-order valence-corrected chi connectivity index (χ4v) is 9.45. The Labute approximate surface area is 381 Å². The number of carbonyl (C=O) groups is 5. The summed E-state index contributed by atoms with van der Waals surface area (Å²) in [6.07, 6.45) is 9.19. The number of nitrogens with one attached hydrogen (secondary N) is 5. The molecule has 3 aliphatic rings. The molecule has 5 N–H and O–H groups in total. The van der Waals surface area contributed by atoms with Gasteiger partial charge in [-0.1, -0.05) is 73.7 Å². The van der Waals surface area contributed by atoms with Crippen molar-refractivity contribution >= 4 is 51.6 Å². The average molecular weight is 888 g/mol. The molecule has 3 aromatic carbocycles. The van der Waals surface area contributed by atoms with Gasteiger partial charge in [-0.15, -0.1) is 0 Å². The van der Waals surface area contributed by atoms with E-state index in [-0.39, 0.29) is 66.6 Å². The maximum Gasteiger partial charge on any atom is 0.347 e. The number of ketones is 1. The van der Waals surface area contributed by atoms with E-state index in [0.29, 0.717) is 60.4 Å². The summed E-state index contributed by atoms with van der Waals surface area (Å²) in [6, 6.07) is 26.9. The van der Waals surface area contributed by atoms with Crippen molar-refractivity contribution < 1.29 is 24.0 Å². The Balaban J connectivity index is 0.710. The van der Waals surface area contributed by atoms with Crippen LogP contribution < -0.4 is 27.0 Å². The quantitative estimate of drug-likeness (QED) is 0.0621. The predicted molar refractivity (Wildman–Crippen MR) is 251 cm³/mol. The Bertz CT molecular complexity index is 2920. The van der Waals surface area contributed by atoms with Crippen LogP contribution in [0.25, 0.3) is 38.9 Å². The lowest BCUT2D eigenvalue weighted by molar-refractivity contribution is -0.125. The molecule has 0 spiro atoms. The number of amides is 4. The molecular weight excluding hydrogens is 835 g/mol. The molecule has 15 heteroatoms. The molecule has 1 saturated carbocycles. The van der Waals surface area contributed by atoms with Crippen LogP contribution in [0.3, 0.4) is 0 Å². The maximum atomic E-state index is 13.3. The number of benzene rings is 3. The number of H-pyrrole nitrogens is 1. The maximum absolute atomic E-state index is 13.3. The van der Waals surface area contributed by atoms with Crippen molar-refractivity contribution in [3.63, 3.8) is 0 Å². The zero-order valence-electron chi connectivity index (χ0n) is 36.8. The van der Waals surface area contributed by atoms with E-state index in [4.69, 9.17) is 4.98 Å². The largest absolute Gasteiger partial charge is 0.355 e. The van der Waals surface area contributed by atoms with E-state index in [1.807, 2.05) is 42.5 Å². The summed E-state index contributed by atoms with van der Waals surface area (Å²) >= 11 is 0. The molecule has 4 amide bonds. The van der Waals surface area contributed by atoms with E-state index in [1.54, 1.807) is 29.3 Å². The fraction of sp³-hybridized carbons (Fsp3) is 0.333. The van der Waals surface area contributed by atoms with Crippen LogP contribution >= 0.6 is 0 Å². The molecule has 1 atom stereocenters. The molecule has 2 fully saturated rings. The van der Waals surface area contributed by atoms with Crippen molar-refractivity contribution in [2.45, 2.75) is 95.2 Å². The number of aromatic amines is 1. The third-order valence-electron chi connectivity index (χ3n) is 13.3. The van der Waals surface area contributed by atoms with Crippen LogP contribution in [-0.4, -0.2) is 73.0 Å². The molecule has 9 rings (SSSR count). The van der Waals surface area contributed by atoms with Crippen LogP contribution in [0.1, 0.15) is 98.5 Å². The Morgan fingerprint density at radius 3 is 2.44 bits per heavy atom. The highest BCUT2D eigenvalue weighted by Gasteiger charge is 2.40. The van der Waals surface area contributed by atoms with Gasteiger partial charge in [0.1, 0.15) is 11.8 Å². The minimum atomic E-state index is -0.606. The number of anilines is 1. The van der Waals surface area contributed by atoms with E-state index < -0.39 is 6.04 Å². The van der Waals surface area contributed by atoms with E-state index in [0.717, 1.165) is 77.4 Å². The lowest BCUT2D eigenvalue weighted by Crippen LogP contribution is -2.51.